The second-order valence-corrected chi connectivity index (χ2v) is 10.3. The summed E-state index contributed by atoms with van der Waals surface area (Å²) >= 11 is 1.28. The molecule has 3 aromatic heterocycles. The van der Waals surface area contributed by atoms with E-state index in [1.165, 1.54) is 11.3 Å². The van der Waals surface area contributed by atoms with Gasteiger partial charge in [0.25, 0.3) is 5.91 Å². The lowest BCUT2D eigenvalue weighted by Gasteiger charge is -2.29. The summed E-state index contributed by atoms with van der Waals surface area (Å²) in [6, 6.07) is 14.5. The molecule has 1 aliphatic carbocycles. The summed E-state index contributed by atoms with van der Waals surface area (Å²) in [6.45, 7) is 1.83. The van der Waals surface area contributed by atoms with Gasteiger partial charge in [0.2, 0.25) is 5.88 Å². The van der Waals surface area contributed by atoms with Crippen molar-refractivity contribution < 1.29 is 14.3 Å². The number of urea groups is 1. The lowest BCUT2D eigenvalue weighted by Crippen LogP contribution is -2.42. The quantitative estimate of drug-likeness (QED) is 0.324. The van der Waals surface area contributed by atoms with E-state index in [1.54, 1.807) is 23.2 Å². The predicted octanol–water partition coefficient (Wildman–Crippen LogP) is 5.48. The second kappa shape index (κ2) is 9.45. The van der Waals surface area contributed by atoms with E-state index in [2.05, 4.69) is 20.6 Å². The van der Waals surface area contributed by atoms with E-state index in [0.717, 1.165) is 31.1 Å². The lowest BCUT2D eigenvalue weighted by atomic mass is 9.91. The largest absolute Gasteiger partial charge is 0.439 e. The second-order valence-electron chi connectivity index (χ2n) is 9.35. The summed E-state index contributed by atoms with van der Waals surface area (Å²) in [5.74, 6) is 0.900. The van der Waals surface area contributed by atoms with Crippen LogP contribution in [0, 0.1) is 6.92 Å². The number of aromatic nitrogens is 2. The van der Waals surface area contributed by atoms with E-state index in [4.69, 9.17) is 10.5 Å². The summed E-state index contributed by atoms with van der Waals surface area (Å²) in [6.07, 6.45) is 5.28. The van der Waals surface area contributed by atoms with Crippen molar-refractivity contribution in [3.63, 3.8) is 0 Å². The number of anilines is 3. The number of amides is 3. The van der Waals surface area contributed by atoms with Gasteiger partial charge in [0.15, 0.2) is 0 Å². The average Bonchev–Trinajstić information content (AvgIpc) is 3.25. The number of nitrogens with zero attached hydrogens (tertiary/aromatic N) is 3. The molecule has 1 fully saturated rings. The van der Waals surface area contributed by atoms with Crippen LogP contribution in [-0.2, 0) is 0 Å². The van der Waals surface area contributed by atoms with Crippen molar-refractivity contribution in [2.75, 3.05) is 10.2 Å². The van der Waals surface area contributed by atoms with Crippen LogP contribution in [-0.4, -0.2) is 34.0 Å². The number of carbonyl (C=O) groups excluding carboxylic acids is 2. The Morgan fingerprint density at radius 2 is 2.00 bits per heavy atom. The Morgan fingerprint density at radius 1 is 1.16 bits per heavy atom. The van der Waals surface area contributed by atoms with Gasteiger partial charge in [0.05, 0.1) is 28.1 Å². The maximum absolute atomic E-state index is 13.4. The molecule has 1 aliphatic heterocycles. The molecule has 2 atom stereocenters. The van der Waals surface area contributed by atoms with Crippen molar-refractivity contribution in [3.8, 4) is 11.6 Å². The van der Waals surface area contributed by atoms with E-state index in [1.807, 2.05) is 43.3 Å². The summed E-state index contributed by atoms with van der Waals surface area (Å²) in [7, 11) is 0. The number of ether oxygens (including phenoxy) is 1. The number of thiophene rings is 1. The summed E-state index contributed by atoms with van der Waals surface area (Å²) in [5, 5.41) is 6.79. The number of hydrogen-bond acceptors (Lipinski definition) is 7. The molecule has 0 spiro atoms. The minimum atomic E-state index is -0.367. The zero-order valence-electron chi connectivity index (χ0n) is 20.2. The highest BCUT2D eigenvalue weighted by Crippen LogP contribution is 2.46. The third kappa shape index (κ3) is 4.38. The number of para-hydroxylation sites is 1. The molecule has 6 rings (SSSR count). The molecule has 4 aromatic rings. The zero-order chi connectivity index (χ0) is 25.5. The Kier molecular flexibility index (Phi) is 5.97. The number of nitrogens with one attached hydrogen (secondary N) is 2. The standard InChI is InChI=1S/C27H26N6O3S/c1-15-19(10-11-21(30-15)36-18-8-3-2-4-9-18)33-20-12-13-29-26-22(20)23(32-27(33)35)24(37-26)25(34)31-17-7-5-6-16(28)14-17/h2-4,8-13,16-17H,5-7,14,28H2,1H3,(H,31,34)(H,32,35). The molecule has 4 heterocycles. The first kappa shape index (κ1) is 23.4. The van der Waals surface area contributed by atoms with Gasteiger partial charge in [-0.15, -0.1) is 11.3 Å². The van der Waals surface area contributed by atoms with Crippen molar-refractivity contribution in [1.29, 1.82) is 0 Å². The monoisotopic (exact) mass is 514 g/mol. The van der Waals surface area contributed by atoms with Gasteiger partial charge in [0.1, 0.15) is 15.5 Å². The first-order valence-electron chi connectivity index (χ1n) is 12.3. The summed E-state index contributed by atoms with van der Waals surface area (Å²) < 4.78 is 5.85. The van der Waals surface area contributed by atoms with Gasteiger partial charge < -0.3 is 21.1 Å². The molecule has 188 valence electrons. The fraction of sp³-hybridized carbons (Fsp3) is 0.259. The number of benzene rings is 1. The van der Waals surface area contributed by atoms with Crippen LogP contribution in [0.5, 0.6) is 11.6 Å². The normalized spacial score (nSPS) is 19.0. The third-order valence-corrected chi connectivity index (χ3v) is 7.84. The lowest BCUT2D eigenvalue weighted by molar-refractivity contribution is 0.0930. The Bertz CT molecular complexity index is 1510. The first-order chi connectivity index (χ1) is 18.0. The minimum Gasteiger partial charge on any atom is -0.439 e. The van der Waals surface area contributed by atoms with E-state index >= 15 is 0 Å². The molecular weight excluding hydrogens is 488 g/mol. The van der Waals surface area contributed by atoms with Crippen molar-refractivity contribution in [2.24, 2.45) is 5.73 Å². The number of aryl methyl sites for hydroxylation is 1. The molecule has 1 aromatic carbocycles. The van der Waals surface area contributed by atoms with Crippen molar-refractivity contribution in [1.82, 2.24) is 15.3 Å². The molecule has 9 nitrogen and oxygen atoms in total. The van der Waals surface area contributed by atoms with Gasteiger partial charge in [-0.25, -0.2) is 14.8 Å². The maximum atomic E-state index is 13.4. The number of nitrogens with two attached hydrogens (primary N) is 1. The zero-order valence-corrected chi connectivity index (χ0v) is 21.0. The van der Waals surface area contributed by atoms with Gasteiger partial charge >= 0.3 is 6.03 Å². The van der Waals surface area contributed by atoms with Crippen LogP contribution in [0.1, 0.15) is 41.0 Å². The molecule has 37 heavy (non-hydrogen) atoms. The Labute approximate surface area is 217 Å². The Hall–Kier alpha value is -4.02. The molecule has 4 N–H and O–H groups in total. The highest BCUT2D eigenvalue weighted by atomic mass is 32.1. The van der Waals surface area contributed by atoms with Crippen LogP contribution >= 0.6 is 11.3 Å². The number of pyridine rings is 2. The van der Waals surface area contributed by atoms with Gasteiger partial charge in [-0.3, -0.25) is 9.69 Å². The van der Waals surface area contributed by atoms with Crippen LogP contribution in [0.3, 0.4) is 0 Å². The van der Waals surface area contributed by atoms with Crippen LogP contribution in [0.15, 0.2) is 54.7 Å². The smallest absolute Gasteiger partial charge is 0.331 e. The van der Waals surface area contributed by atoms with Gasteiger partial charge in [0, 0.05) is 24.3 Å². The van der Waals surface area contributed by atoms with Crippen LogP contribution in [0.4, 0.5) is 21.9 Å². The Balaban J connectivity index is 1.33. The number of rotatable bonds is 5. The molecule has 0 saturated heterocycles. The van der Waals surface area contributed by atoms with Crippen molar-refractivity contribution in [2.45, 2.75) is 44.7 Å². The highest BCUT2D eigenvalue weighted by Gasteiger charge is 2.34. The number of hydrogen-bond donors (Lipinski definition) is 3. The molecule has 10 heteroatoms. The van der Waals surface area contributed by atoms with Gasteiger partial charge in [-0.1, -0.05) is 18.2 Å². The van der Waals surface area contributed by atoms with Gasteiger partial charge in [-0.2, -0.15) is 0 Å². The molecule has 2 unspecified atom stereocenters. The fourth-order valence-corrected chi connectivity index (χ4v) is 6.05. The summed E-state index contributed by atoms with van der Waals surface area (Å²) in [5.41, 5.74) is 8.49. The Morgan fingerprint density at radius 3 is 2.78 bits per heavy atom. The van der Waals surface area contributed by atoms with Crippen LogP contribution in [0.2, 0.25) is 0 Å². The van der Waals surface area contributed by atoms with E-state index in [0.29, 0.717) is 44.1 Å². The van der Waals surface area contributed by atoms with E-state index < -0.39 is 0 Å². The van der Waals surface area contributed by atoms with E-state index in [9.17, 15) is 9.59 Å². The number of carbonyl (C=O) groups is 2. The third-order valence-electron chi connectivity index (χ3n) is 6.74. The fourth-order valence-electron chi connectivity index (χ4n) is 5.03. The first-order valence-corrected chi connectivity index (χ1v) is 13.1. The van der Waals surface area contributed by atoms with Crippen LogP contribution < -0.4 is 26.0 Å². The molecule has 2 aliphatic rings. The predicted molar refractivity (Wildman–Crippen MR) is 144 cm³/mol. The molecule has 1 saturated carbocycles. The molecule has 0 bridgehead atoms. The molecule has 3 amide bonds. The van der Waals surface area contributed by atoms with E-state index in [-0.39, 0.29) is 24.0 Å². The summed E-state index contributed by atoms with van der Waals surface area (Å²) in [4.78, 5) is 38.4. The van der Waals surface area contributed by atoms with Gasteiger partial charge in [-0.05, 0) is 56.9 Å². The molecule has 0 radical (unpaired) electrons. The topological polar surface area (TPSA) is 122 Å². The minimum absolute atomic E-state index is 0.0298. The maximum Gasteiger partial charge on any atom is 0.331 e. The SMILES string of the molecule is Cc1nc(Oc2ccccc2)ccc1N1C(=O)Nc2c(C(=O)NC3CCCC(N)C3)sc3nccc1c23. The van der Waals surface area contributed by atoms with Crippen LogP contribution in [0.25, 0.3) is 10.2 Å². The highest BCUT2D eigenvalue weighted by molar-refractivity contribution is 7.21. The average molecular weight is 515 g/mol. The van der Waals surface area contributed by atoms with Crippen molar-refractivity contribution in [3.05, 3.63) is 65.3 Å². The van der Waals surface area contributed by atoms with Crippen molar-refractivity contribution >= 4 is 50.6 Å². The molecular formula is C27H26N6O3S.